The number of aliphatic hydroxyl groups excluding tert-OH is 1. The smallest absolute Gasteiger partial charge is 0.393 e. The van der Waals surface area contributed by atoms with E-state index in [0.29, 0.717) is 30.4 Å². The molecule has 3 saturated carbocycles. The minimum Gasteiger partial charge on any atom is -0.393 e. The van der Waals surface area contributed by atoms with Gasteiger partial charge in [0.05, 0.1) is 6.10 Å². The molecule has 0 saturated heterocycles. The van der Waals surface area contributed by atoms with Gasteiger partial charge in [0.1, 0.15) is 6.17 Å². The molecule has 3 fully saturated rings. The van der Waals surface area contributed by atoms with Crippen LogP contribution in [0.5, 0.6) is 0 Å². The van der Waals surface area contributed by atoms with Gasteiger partial charge in [0.2, 0.25) is 0 Å². The van der Waals surface area contributed by atoms with E-state index in [4.69, 9.17) is 0 Å². The molecule has 0 heterocycles. The number of aliphatic hydroxyl groups is 2. The number of rotatable bonds is 5. The molecule has 4 rings (SSSR count). The van der Waals surface area contributed by atoms with Crippen LogP contribution >= 0.6 is 0 Å². The zero-order valence-corrected chi connectivity index (χ0v) is 20.7. The molecule has 2 unspecified atom stereocenters. The van der Waals surface area contributed by atoms with Crippen LogP contribution in [-0.4, -0.2) is 40.4 Å². The van der Waals surface area contributed by atoms with Gasteiger partial charge >= 0.3 is 12.4 Å². The Morgan fingerprint density at radius 1 is 1.08 bits per heavy atom. The van der Waals surface area contributed by atoms with E-state index < -0.39 is 35.6 Å². The van der Waals surface area contributed by atoms with Gasteiger partial charge in [-0.1, -0.05) is 49.0 Å². The van der Waals surface area contributed by atoms with Crippen LogP contribution in [-0.2, 0) is 0 Å². The topological polar surface area (TPSA) is 40.5 Å². The fourth-order valence-electron chi connectivity index (χ4n) is 6.61. The average molecular weight is 535 g/mol. The van der Waals surface area contributed by atoms with E-state index in [1.807, 2.05) is 12.2 Å². The third-order valence-electron chi connectivity index (χ3n) is 8.93. The van der Waals surface area contributed by atoms with Gasteiger partial charge in [0, 0.05) is 6.42 Å². The highest BCUT2D eigenvalue weighted by Gasteiger charge is 2.69. The molecule has 4 aliphatic rings. The zero-order valence-electron chi connectivity index (χ0n) is 20.7. The first-order valence-corrected chi connectivity index (χ1v) is 12.7. The Hall–Kier alpha value is -1.87. The summed E-state index contributed by atoms with van der Waals surface area (Å²) in [5, 5.41) is 19.4. The maximum absolute atomic E-state index is 14.1. The van der Waals surface area contributed by atoms with Crippen LogP contribution in [0, 0.1) is 16.7 Å². The van der Waals surface area contributed by atoms with E-state index in [1.165, 1.54) is 5.57 Å². The molecule has 0 aromatic heterocycles. The molecule has 4 aliphatic carbocycles. The van der Waals surface area contributed by atoms with Gasteiger partial charge < -0.3 is 10.2 Å². The first kappa shape index (κ1) is 28.1. The number of allylic oxidation sites excluding steroid dienone is 7. The molecule has 4 atom stereocenters. The average Bonchev–Trinajstić information content (AvgIpc) is 3.46. The van der Waals surface area contributed by atoms with Gasteiger partial charge in [-0.15, -0.1) is 0 Å². The Morgan fingerprint density at radius 3 is 2.32 bits per heavy atom. The quantitative estimate of drug-likeness (QED) is 0.282. The van der Waals surface area contributed by atoms with E-state index >= 15 is 0 Å². The summed E-state index contributed by atoms with van der Waals surface area (Å²) in [6, 6.07) is 0. The molecular formula is C28H33F7O2. The van der Waals surface area contributed by atoms with Crippen molar-refractivity contribution in [2.45, 2.75) is 94.9 Å². The van der Waals surface area contributed by atoms with Crippen molar-refractivity contribution >= 4 is 0 Å². The summed E-state index contributed by atoms with van der Waals surface area (Å²) in [6.07, 6.45) is -2.17. The normalized spacial score (nSPS) is 34.8. The molecule has 0 bridgehead atoms. The fourth-order valence-corrected chi connectivity index (χ4v) is 6.61. The highest BCUT2D eigenvalue weighted by molar-refractivity contribution is 5.42. The molecule has 9 heteroatoms. The van der Waals surface area contributed by atoms with Crippen molar-refractivity contribution in [1.29, 1.82) is 0 Å². The summed E-state index contributed by atoms with van der Waals surface area (Å²) < 4.78 is 92.5. The van der Waals surface area contributed by atoms with Crippen LogP contribution in [0.2, 0.25) is 0 Å². The summed E-state index contributed by atoms with van der Waals surface area (Å²) in [4.78, 5) is 0. The van der Waals surface area contributed by atoms with Crippen LogP contribution in [0.25, 0.3) is 0 Å². The number of halogens is 7. The predicted molar refractivity (Wildman–Crippen MR) is 126 cm³/mol. The maximum Gasteiger partial charge on any atom is 0.429 e. The molecule has 0 radical (unpaired) electrons. The lowest BCUT2D eigenvalue weighted by molar-refractivity contribution is -0.347. The molecule has 37 heavy (non-hydrogen) atoms. The third kappa shape index (κ3) is 4.98. The lowest BCUT2D eigenvalue weighted by Crippen LogP contribution is -2.55. The number of alkyl halides is 7. The predicted octanol–water partition coefficient (Wildman–Crippen LogP) is 7.61. The zero-order chi connectivity index (χ0) is 27.4. The van der Waals surface area contributed by atoms with Crippen LogP contribution in [0.4, 0.5) is 30.7 Å². The minimum atomic E-state index is -5.87. The molecule has 0 aromatic carbocycles. The van der Waals surface area contributed by atoms with E-state index in [9.17, 15) is 40.9 Å². The van der Waals surface area contributed by atoms with E-state index in [1.54, 1.807) is 0 Å². The first-order valence-electron chi connectivity index (χ1n) is 12.7. The van der Waals surface area contributed by atoms with Crippen LogP contribution in [0.15, 0.2) is 59.3 Å². The summed E-state index contributed by atoms with van der Waals surface area (Å²) >= 11 is 0. The molecule has 0 spiro atoms. The summed E-state index contributed by atoms with van der Waals surface area (Å²) in [6.45, 7) is 5.94. The minimum absolute atomic E-state index is 0.00564. The van der Waals surface area contributed by atoms with Crippen LogP contribution in [0.1, 0.15) is 64.7 Å². The molecule has 0 aromatic rings. The fraction of sp³-hybridized carbons (Fsp3) is 0.643. The third-order valence-corrected chi connectivity index (χ3v) is 8.93. The van der Waals surface area contributed by atoms with E-state index in [-0.39, 0.29) is 30.3 Å². The highest BCUT2D eigenvalue weighted by atomic mass is 19.4. The van der Waals surface area contributed by atoms with Gasteiger partial charge in [-0.3, -0.25) is 0 Å². The van der Waals surface area contributed by atoms with E-state index in [2.05, 4.69) is 19.6 Å². The van der Waals surface area contributed by atoms with Gasteiger partial charge in [-0.25, -0.2) is 4.39 Å². The molecule has 0 amide bonds. The monoisotopic (exact) mass is 534 g/mol. The van der Waals surface area contributed by atoms with Crippen molar-refractivity contribution in [1.82, 2.24) is 0 Å². The van der Waals surface area contributed by atoms with Crippen LogP contribution in [0.3, 0.4) is 0 Å². The number of fused-ring (bicyclic) bond motifs is 1. The lowest BCUT2D eigenvalue weighted by Gasteiger charge is -2.43. The van der Waals surface area contributed by atoms with Crippen molar-refractivity contribution in [3.63, 3.8) is 0 Å². The summed E-state index contributed by atoms with van der Waals surface area (Å²) in [5.74, 6) is 0.139. The molecule has 206 valence electrons. The molecule has 2 N–H and O–H groups in total. The standard InChI is InChI=1S/C28H33F7O2/c1-17-19(15-20(36)16-22(17)29)7-6-18-5-3-10-24(2)21(18)8-9-23(24)25(13-14-25)11-4-12-26(37,27(30,31)32)28(33,34)35/h4,6-7,9,12,20-22,36-37H,1,3,5,8,10-11,13-16H2,2H3/b12-4+,18-6+,19-7-/t20?,21?,22-,24-/m0/s1. The van der Waals surface area contributed by atoms with Crippen molar-refractivity contribution in [2.75, 3.05) is 0 Å². The first-order chi connectivity index (χ1) is 17.0. The highest BCUT2D eigenvalue weighted by Crippen LogP contribution is 2.67. The second kappa shape index (κ2) is 9.40. The van der Waals surface area contributed by atoms with Crippen molar-refractivity contribution < 1.29 is 40.9 Å². The number of hydrogen-bond acceptors (Lipinski definition) is 2. The van der Waals surface area contributed by atoms with Gasteiger partial charge in [0.15, 0.2) is 0 Å². The van der Waals surface area contributed by atoms with Crippen LogP contribution < -0.4 is 0 Å². The van der Waals surface area contributed by atoms with Gasteiger partial charge in [-0.05, 0) is 85.3 Å². The Morgan fingerprint density at radius 2 is 1.73 bits per heavy atom. The molecule has 0 aliphatic heterocycles. The largest absolute Gasteiger partial charge is 0.429 e. The van der Waals surface area contributed by atoms with Crippen molar-refractivity contribution in [3.8, 4) is 0 Å². The van der Waals surface area contributed by atoms with Gasteiger partial charge in [-0.2, -0.15) is 26.3 Å². The molecular weight excluding hydrogens is 501 g/mol. The Kier molecular flexibility index (Phi) is 7.15. The van der Waals surface area contributed by atoms with Crippen molar-refractivity contribution in [2.24, 2.45) is 16.7 Å². The summed E-state index contributed by atoms with van der Waals surface area (Å²) in [5.41, 5.74) is -2.33. The van der Waals surface area contributed by atoms with E-state index in [0.717, 1.165) is 37.3 Å². The Labute approximate surface area is 212 Å². The SMILES string of the molecule is C=C1/C(=C\C=C2/CCC[C@]3(C)C(C4(C/C=C/C(O)(C(F)(F)F)C(F)(F)F)CC4)=CCC23)CC(O)C[C@@H]1F. The number of hydrogen-bond donors (Lipinski definition) is 2. The van der Waals surface area contributed by atoms with Crippen molar-refractivity contribution in [3.05, 3.63) is 59.3 Å². The Balaban J connectivity index is 1.53. The summed E-state index contributed by atoms with van der Waals surface area (Å²) in [7, 11) is 0. The second-order valence-corrected chi connectivity index (χ2v) is 11.3. The second-order valence-electron chi connectivity index (χ2n) is 11.3. The Bertz CT molecular complexity index is 1030. The maximum atomic E-state index is 14.1. The lowest BCUT2D eigenvalue weighted by atomic mass is 9.61. The van der Waals surface area contributed by atoms with Gasteiger partial charge in [0.25, 0.3) is 5.60 Å². The molecule has 2 nitrogen and oxygen atoms in total.